The second-order valence-corrected chi connectivity index (χ2v) is 5.86. The molecule has 0 aromatic heterocycles. The van der Waals surface area contributed by atoms with E-state index in [1.165, 1.54) is 11.1 Å². The van der Waals surface area contributed by atoms with Gasteiger partial charge in [-0.05, 0) is 31.6 Å². The molecular formula is C16H28N4. The molecule has 1 aromatic carbocycles. The summed E-state index contributed by atoms with van der Waals surface area (Å²) >= 11 is 0. The van der Waals surface area contributed by atoms with Crippen molar-refractivity contribution >= 4 is 0 Å². The van der Waals surface area contributed by atoms with Gasteiger partial charge >= 0.3 is 0 Å². The predicted octanol–water partition coefficient (Wildman–Crippen LogP) is 1.34. The third-order valence-corrected chi connectivity index (χ3v) is 4.12. The summed E-state index contributed by atoms with van der Waals surface area (Å²) in [6.07, 6.45) is 0. The lowest BCUT2D eigenvalue weighted by molar-refractivity contribution is 0.345. The van der Waals surface area contributed by atoms with Crippen molar-refractivity contribution in [2.45, 2.75) is 33.0 Å². The summed E-state index contributed by atoms with van der Waals surface area (Å²) in [4.78, 5) is 2.32. The van der Waals surface area contributed by atoms with Crippen molar-refractivity contribution in [3.63, 3.8) is 0 Å². The largest absolute Gasteiger partial charge is 0.312 e. The van der Waals surface area contributed by atoms with Crippen molar-refractivity contribution in [1.29, 1.82) is 0 Å². The number of hydrazine groups is 1. The zero-order chi connectivity index (χ0) is 14.4. The molecule has 1 fully saturated rings. The van der Waals surface area contributed by atoms with E-state index in [-0.39, 0.29) is 0 Å². The van der Waals surface area contributed by atoms with Crippen LogP contribution in [0.4, 0.5) is 0 Å². The van der Waals surface area contributed by atoms with Gasteiger partial charge in [0, 0.05) is 38.1 Å². The number of benzene rings is 1. The Balaban J connectivity index is 1.79. The highest BCUT2D eigenvalue weighted by Crippen LogP contribution is 2.09. The maximum atomic E-state index is 3.57. The fourth-order valence-electron chi connectivity index (χ4n) is 2.56. The third kappa shape index (κ3) is 4.56. The van der Waals surface area contributed by atoms with Crippen molar-refractivity contribution in [3.8, 4) is 0 Å². The Kier molecular flexibility index (Phi) is 5.98. The normalized spacial score (nSPS) is 22.6. The molecule has 0 saturated carbocycles. The average Bonchev–Trinajstić information content (AvgIpc) is 2.85. The molecule has 0 amide bonds. The molecule has 3 N–H and O–H groups in total. The highest BCUT2D eigenvalue weighted by atomic mass is 15.4. The fraction of sp³-hybridized carbons (Fsp3) is 0.625. The van der Waals surface area contributed by atoms with Gasteiger partial charge < -0.3 is 10.2 Å². The van der Waals surface area contributed by atoms with E-state index in [9.17, 15) is 0 Å². The summed E-state index contributed by atoms with van der Waals surface area (Å²) in [7, 11) is 2.16. The van der Waals surface area contributed by atoms with E-state index in [4.69, 9.17) is 0 Å². The number of rotatable bonds is 7. The molecular weight excluding hydrogens is 248 g/mol. The van der Waals surface area contributed by atoms with Crippen LogP contribution in [0.2, 0.25) is 0 Å². The van der Waals surface area contributed by atoms with Crippen LogP contribution in [0.1, 0.15) is 25.0 Å². The lowest BCUT2D eigenvalue weighted by Crippen LogP contribution is -2.32. The molecule has 2 rings (SSSR count). The van der Waals surface area contributed by atoms with E-state index in [2.05, 4.69) is 66.2 Å². The summed E-state index contributed by atoms with van der Waals surface area (Å²) in [6, 6.07) is 9.44. The van der Waals surface area contributed by atoms with Crippen LogP contribution in [0.15, 0.2) is 24.3 Å². The molecule has 0 bridgehead atoms. The van der Waals surface area contributed by atoms with Gasteiger partial charge in [-0.1, -0.05) is 31.2 Å². The molecule has 4 nitrogen and oxygen atoms in total. The summed E-state index contributed by atoms with van der Waals surface area (Å²) in [5, 5.41) is 3.57. The van der Waals surface area contributed by atoms with Crippen LogP contribution in [0.5, 0.6) is 0 Å². The quantitative estimate of drug-likeness (QED) is 0.703. The number of nitrogens with zero attached hydrogens (tertiary/aromatic N) is 1. The van der Waals surface area contributed by atoms with Crippen molar-refractivity contribution in [2.75, 3.05) is 26.7 Å². The maximum Gasteiger partial charge on any atom is 0.0237 e. The third-order valence-electron chi connectivity index (χ3n) is 4.12. The fourth-order valence-corrected chi connectivity index (χ4v) is 2.56. The van der Waals surface area contributed by atoms with Gasteiger partial charge in [-0.15, -0.1) is 0 Å². The van der Waals surface area contributed by atoms with Gasteiger partial charge in [0.05, 0.1) is 0 Å². The van der Waals surface area contributed by atoms with Crippen LogP contribution in [-0.4, -0.2) is 37.6 Å². The Morgan fingerprint density at radius 2 is 2.15 bits per heavy atom. The molecule has 112 valence electrons. The second kappa shape index (κ2) is 7.74. The highest BCUT2D eigenvalue weighted by Gasteiger charge is 2.21. The zero-order valence-corrected chi connectivity index (χ0v) is 12.9. The highest BCUT2D eigenvalue weighted by molar-refractivity contribution is 5.23. The van der Waals surface area contributed by atoms with Crippen molar-refractivity contribution < 1.29 is 0 Å². The molecule has 1 aromatic rings. The van der Waals surface area contributed by atoms with Crippen LogP contribution in [0, 0.1) is 5.92 Å². The Bertz CT molecular complexity index is 407. The molecule has 2 unspecified atom stereocenters. The van der Waals surface area contributed by atoms with Gasteiger partial charge in [0.2, 0.25) is 0 Å². The molecule has 1 saturated heterocycles. The number of hydrogen-bond donors (Lipinski definition) is 3. The van der Waals surface area contributed by atoms with E-state index in [1.807, 2.05) is 0 Å². The van der Waals surface area contributed by atoms with Crippen molar-refractivity contribution in [3.05, 3.63) is 35.4 Å². The summed E-state index contributed by atoms with van der Waals surface area (Å²) in [5.74, 6) is 0.671. The summed E-state index contributed by atoms with van der Waals surface area (Å²) in [5.41, 5.74) is 9.24. The Hall–Kier alpha value is -0.940. The molecule has 0 spiro atoms. The lowest BCUT2D eigenvalue weighted by Gasteiger charge is -2.16. The standard InChI is InChI=1S/C16H28N4/c1-4-20(3)12-15-7-5-6-14(8-15)9-17-10-16-11-18-19-13(16)2/h5-8,13,16-19H,4,9-12H2,1-3H3. The van der Waals surface area contributed by atoms with Crippen molar-refractivity contribution in [1.82, 2.24) is 21.1 Å². The van der Waals surface area contributed by atoms with Crippen LogP contribution in [0.25, 0.3) is 0 Å². The number of nitrogens with one attached hydrogen (secondary N) is 3. The van der Waals surface area contributed by atoms with Gasteiger partial charge in [-0.25, -0.2) is 0 Å². The smallest absolute Gasteiger partial charge is 0.0237 e. The maximum absolute atomic E-state index is 3.57. The van der Waals surface area contributed by atoms with E-state index < -0.39 is 0 Å². The van der Waals surface area contributed by atoms with Gasteiger partial charge in [0.15, 0.2) is 0 Å². The van der Waals surface area contributed by atoms with Crippen molar-refractivity contribution in [2.24, 2.45) is 5.92 Å². The molecule has 1 heterocycles. The minimum absolute atomic E-state index is 0.548. The van der Waals surface area contributed by atoms with Crippen LogP contribution < -0.4 is 16.2 Å². The second-order valence-electron chi connectivity index (χ2n) is 5.86. The minimum atomic E-state index is 0.548. The first-order valence-electron chi connectivity index (χ1n) is 7.64. The zero-order valence-electron chi connectivity index (χ0n) is 12.9. The first-order valence-corrected chi connectivity index (χ1v) is 7.64. The van der Waals surface area contributed by atoms with E-state index in [0.29, 0.717) is 12.0 Å². The van der Waals surface area contributed by atoms with Gasteiger partial charge in [0.1, 0.15) is 0 Å². The molecule has 1 aliphatic rings. The first kappa shape index (κ1) is 15.4. The lowest BCUT2D eigenvalue weighted by atomic mass is 10.0. The SMILES string of the molecule is CCN(C)Cc1cccc(CNCC2CNNC2C)c1. The van der Waals surface area contributed by atoms with Crippen LogP contribution >= 0.6 is 0 Å². The van der Waals surface area contributed by atoms with Gasteiger partial charge in [0.25, 0.3) is 0 Å². The van der Waals surface area contributed by atoms with Gasteiger partial charge in [-0.2, -0.15) is 0 Å². The predicted molar refractivity (Wildman–Crippen MR) is 84.2 cm³/mol. The molecule has 2 atom stereocenters. The van der Waals surface area contributed by atoms with Crippen LogP contribution in [-0.2, 0) is 13.1 Å². The van der Waals surface area contributed by atoms with E-state index >= 15 is 0 Å². The first-order chi connectivity index (χ1) is 9.69. The number of hydrogen-bond acceptors (Lipinski definition) is 4. The van der Waals surface area contributed by atoms with Crippen LogP contribution in [0.3, 0.4) is 0 Å². The molecule has 4 heteroatoms. The minimum Gasteiger partial charge on any atom is -0.312 e. The monoisotopic (exact) mass is 276 g/mol. The topological polar surface area (TPSA) is 39.3 Å². The van der Waals surface area contributed by atoms with Gasteiger partial charge in [-0.3, -0.25) is 10.9 Å². The molecule has 20 heavy (non-hydrogen) atoms. The molecule has 0 aliphatic carbocycles. The van der Waals surface area contributed by atoms with E-state index in [0.717, 1.165) is 32.7 Å². The summed E-state index contributed by atoms with van der Waals surface area (Å²) in [6.45, 7) is 9.59. The average molecular weight is 276 g/mol. The Morgan fingerprint density at radius 1 is 1.35 bits per heavy atom. The summed E-state index contributed by atoms with van der Waals surface area (Å²) < 4.78 is 0. The molecule has 1 aliphatic heterocycles. The Morgan fingerprint density at radius 3 is 2.85 bits per heavy atom. The van der Waals surface area contributed by atoms with E-state index in [1.54, 1.807) is 0 Å². The Labute approximate surface area is 122 Å². The molecule has 0 radical (unpaired) electrons.